The maximum atomic E-state index is 12.5. The van der Waals surface area contributed by atoms with Crippen molar-refractivity contribution in [2.24, 2.45) is 0 Å². The smallest absolute Gasteiger partial charge is 0.307 e. The van der Waals surface area contributed by atoms with Crippen LogP contribution in [-0.2, 0) is 33.6 Å². The fraction of sp³-hybridized carbons (Fsp3) is 0.579. The van der Waals surface area contributed by atoms with Gasteiger partial charge in [-0.05, 0) is 51.0 Å². The van der Waals surface area contributed by atoms with Crippen LogP contribution in [0.2, 0.25) is 0 Å². The van der Waals surface area contributed by atoms with Crippen LogP contribution in [0.15, 0.2) is 4.79 Å². The summed E-state index contributed by atoms with van der Waals surface area (Å²) in [5.74, 6) is -0.247. The second-order valence-corrected chi connectivity index (χ2v) is 8.40. The molecule has 144 valence electrons. The highest BCUT2D eigenvalue weighted by atomic mass is 32.1. The van der Waals surface area contributed by atoms with E-state index in [1.807, 2.05) is 0 Å². The minimum atomic E-state index is -0.809. The quantitative estimate of drug-likeness (QED) is 0.736. The highest BCUT2D eigenvalue weighted by Crippen LogP contribution is 2.33. The van der Waals surface area contributed by atoms with Gasteiger partial charge < -0.3 is 15.0 Å². The van der Waals surface area contributed by atoms with E-state index in [4.69, 9.17) is 4.74 Å². The van der Waals surface area contributed by atoms with Gasteiger partial charge in [0.15, 0.2) is 6.10 Å². The van der Waals surface area contributed by atoms with Crippen LogP contribution < -0.4 is 10.9 Å². The van der Waals surface area contributed by atoms with Crippen molar-refractivity contribution in [3.05, 3.63) is 26.6 Å². The highest BCUT2D eigenvalue weighted by Gasteiger charge is 2.27. The van der Waals surface area contributed by atoms with Crippen molar-refractivity contribution in [3.63, 3.8) is 0 Å². The van der Waals surface area contributed by atoms with Gasteiger partial charge >= 0.3 is 5.97 Å². The first-order chi connectivity index (χ1) is 13.0. The molecule has 0 bridgehead atoms. The molecular weight excluding hydrogens is 366 g/mol. The normalized spacial score (nSPS) is 17.4. The summed E-state index contributed by atoms with van der Waals surface area (Å²) in [7, 11) is 0. The number of esters is 1. The Kier molecular flexibility index (Phi) is 4.99. The van der Waals surface area contributed by atoms with E-state index in [1.54, 1.807) is 18.3 Å². The molecule has 8 heteroatoms. The van der Waals surface area contributed by atoms with Gasteiger partial charge in [-0.3, -0.25) is 14.4 Å². The summed E-state index contributed by atoms with van der Waals surface area (Å²) in [5.41, 5.74) is 1.02. The third-order valence-corrected chi connectivity index (χ3v) is 6.23. The molecule has 0 spiro atoms. The Balaban J connectivity index is 1.39. The summed E-state index contributed by atoms with van der Waals surface area (Å²) in [6.45, 7) is 1.57. The summed E-state index contributed by atoms with van der Waals surface area (Å²) in [4.78, 5) is 45.7. The number of hydrogen-bond donors (Lipinski definition) is 2. The SMILES string of the molecule is C[C@@H](OC(=O)CCc1nc2sc3c(c2c(=O)[nH]1)CCCC3)C(=O)NC1CC1. The molecule has 2 heterocycles. The molecule has 2 aromatic rings. The van der Waals surface area contributed by atoms with Gasteiger partial charge in [0.25, 0.3) is 11.5 Å². The predicted molar refractivity (Wildman–Crippen MR) is 102 cm³/mol. The summed E-state index contributed by atoms with van der Waals surface area (Å²) in [6, 6.07) is 0.233. The number of rotatable bonds is 6. The molecule has 1 amide bonds. The van der Waals surface area contributed by atoms with E-state index >= 15 is 0 Å². The van der Waals surface area contributed by atoms with Crippen LogP contribution in [0.25, 0.3) is 10.2 Å². The minimum absolute atomic E-state index is 0.0700. The maximum Gasteiger partial charge on any atom is 0.307 e. The molecule has 0 aromatic carbocycles. The van der Waals surface area contributed by atoms with E-state index in [9.17, 15) is 14.4 Å². The van der Waals surface area contributed by atoms with E-state index in [0.29, 0.717) is 11.2 Å². The van der Waals surface area contributed by atoms with Crippen molar-refractivity contribution in [1.82, 2.24) is 15.3 Å². The number of amides is 1. The average Bonchev–Trinajstić information content (AvgIpc) is 3.37. The Bertz CT molecular complexity index is 944. The predicted octanol–water partition coefficient (Wildman–Crippen LogP) is 2.01. The largest absolute Gasteiger partial charge is 0.453 e. The molecule has 2 N–H and O–H groups in total. The van der Waals surface area contributed by atoms with Gasteiger partial charge in [0.1, 0.15) is 10.7 Å². The summed E-state index contributed by atoms with van der Waals surface area (Å²) < 4.78 is 5.18. The Morgan fingerprint density at radius 2 is 2.11 bits per heavy atom. The summed E-state index contributed by atoms with van der Waals surface area (Å²) >= 11 is 1.59. The number of carbonyl (C=O) groups excluding carboxylic acids is 2. The maximum absolute atomic E-state index is 12.5. The van der Waals surface area contributed by atoms with E-state index < -0.39 is 12.1 Å². The molecule has 0 aliphatic heterocycles. The van der Waals surface area contributed by atoms with Crippen molar-refractivity contribution in [2.75, 3.05) is 0 Å². The van der Waals surface area contributed by atoms with Gasteiger partial charge in [-0.15, -0.1) is 11.3 Å². The number of aryl methyl sites for hydroxylation is 3. The van der Waals surface area contributed by atoms with Crippen LogP contribution in [0, 0.1) is 0 Å². The minimum Gasteiger partial charge on any atom is -0.453 e. The Morgan fingerprint density at radius 3 is 2.89 bits per heavy atom. The average molecular weight is 389 g/mol. The Labute approximate surface area is 160 Å². The molecule has 2 aliphatic rings. The molecule has 4 rings (SSSR count). The Hall–Kier alpha value is -2.22. The van der Waals surface area contributed by atoms with Crippen molar-refractivity contribution >= 4 is 33.4 Å². The number of nitrogens with one attached hydrogen (secondary N) is 2. The molecule has 27 heavy (non-hydrogen) atoms. The van der Waals surface area contributed by atoms with Crippen LogP contribution >= 0.6 is 11.3 Å². The fourth-order valence-corrected chi connectivity index (χ4v) is 4.68. The van der Waals surface area contributed by atoms with Gasteiger partial charge in [0.05, 0.1) is 11.8 Å². The topological polar surface area (TPSA) is 101 Å². The lowest BCUT2D eigenvalue weighted by Gasteiger charge is -2.13. The zero-order valence-electron chi connectivity index (χ0n) is 15.3. The van der Waals surface area contributed by atoms with Crippen molar-refractivity contribution in [3.8, 4) is 0 Å². The summed E-state index contributed by atoms with van der Waals surface area (Å²) in [6.07, 6.45) is 5.73. The highest BCUT2D eigenvalue weighted by molar-refractivity contribution is 7.18. The molecule has 7 nitrogen and oxygen atoms in total. The molecule has 2 aromatic heterocycles. The first kappa shape index (κ1) is 18.2. The van der Waals surface area contributed by atoms with Crippen LogP contribution in [0.5, 0.6) is 0 Å². The molecule has 1 atom stereocenters. The summed E-state index contributed by atoms with van der Waals surface area (Å²) in [5, 5.41) is 3.52. The van der Waals surface area contributed by atoms with Gasteiger partial charge in [0, 0.05) is 17.3 Å². The second kappa shape index (κ2) is 7.42. The number of nitrogens with zero attached hydrogens (tertiary/aromatic N) is 1. The number of H-pyrrole nitrogens is 1. The number of aromatic amines is 1. The van der Waals surface area contributed by atoms with Crippen LogP contribution in [0.4, 0.5) is 0 Å². The zero-order valence-corrected chi connectivity index (χ0v) is 16.1. The lowest BCUT2D eigenvalue weighted by molar-refractivity contribution is -0.154. The first-order valence-electron chi connectivity index (χ1n) is 9.54. The fourth-order valence-electron chi connectivity index (χ4n) is 3.40. The number of aromatic nitrogens is 2. The van der Waals surface area contributed by atoms with Gasteiger partial charge in [-0.1, -0.05) is 0 Å². The van der Waals surface area contributed by atoms with Gasteiger partial charge in [-0.25, -0.2) is 4.98 Å². The second-order valence-electron chi connectivity index (χ2n) is 7.32. The van der Waals surface area contributed by atoms with E-state index in [1.165, 1.54) is 4.88 Å². The van der Waals surface area contributed by atoms with Gasteiger partial charge in [0.2, 0.25) is 0 Å². The number of thiophene rings is 1. The van der Waals surface area contributed by atoms with Crippen molar-refractivity contribution in [1.29, 1.82) is 0 Å². The van der Waals surface area contributed by atoms with E-state index in [2.05, 4.69) is 15.3 Å². The molecule has 1 fully saturated rings. The van der Waals surface area contributed by atoms with E-state index in [-0.39, 0.29) is 30.3 Å². The number of carbonyl (C=O) groups is 2. The molecule has 0 unspecified atom stereocenters. The monoisotopic (exact) mass is 389 g/mol. The van der Waals surface area contributed by atoms with Crippen LogP contribution in [-0.4, -0.2) is 34.0 Å². The number of hydrogen-bond acceptors (Lipinski definition) is 6. The van der Waals surface area contributed by atoms with Crippen LogP contribution in [0.1, 0.15) is 55.3 Å². The third kappa shape index (κ3) is 4.05. The Morgan fingerprint density at radius 1 is 1.33 bits per heavy atom. The molecule has 0 radical (unpaired) electrons. The van der Waals surface area contributed by atoms with Crippen molar-refractivity contribution < 1.29 is 14.3 Å². The standard InChI is InChI=1S/C19H23N3O4S/c1-10(17(24)20-11-6-7-11)26-15(23)9-8-14-21-18(25)16-12-4-2-3-5-13(12)27-19(16)22-14/h10-11H,2-9H2,1H3,(H,20,24)(H,21,22,25)/t10-/m1/s1. The molecule has 1 saturated carbocycles. The van der Waals surface area contributed by atoms with E-state index in [0.717, 1.165) is 48.9 Å². The zero-order chi connectivity index (χ0) is 19.0. The van der Waals surface area contributed by atoms with Gasteiger partial charge in [-0.2, -0.15) is 0 Å². The molecule has 0 saturated heterocycles. The van der Waals surface area contributed by atoms with Crippen LogP contribution in [0.3, 0.4) is 0 Å². The lowest BCUT2D eigenvalue weighted by Crippen LogP contribution is -2.37. The third-order valence-electron chi connectivity index (χ3n) is 5.04. The lowest BCUT2D eigenvalue weighted by atomic mass is 9.97. The molecule has 2 aliphatic carbocycles. The number of fused-ring (bicyclic) bond motifs is 3. The first-order valence-corrected chi connectivity index (χ1v) is 10.4. The molecular formula is C19H23N3O4S. The van der Waals surface area contributed by atoms with Crippen molar-refractivity contribution in [2.45, 2.75) is 70.4 Å². The number of ether oxygens (including phenoxy) is 1.